The molecule has 0 spiro atoms. The molecule has 0 bridgehead atoms. The van der Waals surface area contributed by atoms with Gasteiger partial charge in [-0.1, -0.05) is 0 Å². The van der Waals surface area contributed by atoms with E-state index in [1.807, 2.05) is 0 Å². The first-order chi connectivity index (χ1) is 6.74. The van der Waals surface area contributed by atoms with Gasteiger partial charge >= 0.3 is 0 Å². The zero-order valence-electron chi connectivity index (χ0n) is 7.47. The van der Waals surface area contributed by atoms with Crippen molar-refractivity contribution in [3.63, 3.8) is 0 Å². The van der Waals surface area contributed by atoms with Crippen molar-refractivity contribution in [1.29, 1.82) is 0 Å². The topological polar surface area (TPSA) is 77.8 Å². The van der Waals surface area contributed by atoms with E-state index in [0.29, 0.717) is 16.9 Å². The van der Waals surface area contributed by atoms with E-state index < -0.39 is 0 Å². The minimum Gasteiger partial charge on any atom is -0.440 e. The van der Waals surface area contributed by atoms with Crippen LogP contribution in [-0.4, -0.2) is 15.0 Å². The van der Waals surface area contributed by atoms with Crippen LogP contribution in [0, 0.1) is 6.92 Å². The lowest BCUT2D eigenvalue weighted by atomic mass is 10.5. The highest BCUT2D eigenvalue weighted by Crippen LogP contribution is 2.24. The number of nitrogens with two attached hydrogens (primary N) is 1. The highest BCUT2D eigenvalue weighted by Gasteiger charge is 2.04. The quantitative estimate of drug-likeness (QED) is 0.753. The molecule has 2 aromatic rings. The summed E-state index contributed by atoms with van der Waals surface area (Å²) >= 11 is 1.31. The predicted molar refractivity (Wildman–Crippen MR) is 51.8 cm³/mol. The molecule has 0 unspecified atom stereocenters. The van der Waals surface area contributed by atoms with Crippen LogP contribution in [0.5, 0.6) is 0 Å². The van der Waals surface area contributed by atoms with Crippen LogP contribution in [0.25, 0.3) is 0 Å². The van der Waals surface area contributed by atoms with Gasteiger partial charge in [0.15, 0.2) is 0 Å². The van der Waals surface area contributed by atoms with Gasteiger partial charge in [0, 0.05) is 6.07 Å². The van der Waals surface area contributed by atoms with Crippen molar-refractivity contribution in [2.45, 2.75) is 17.2 Å². The molecule has 72 valence electrons. The van der Waals surface area contributed by atoms with E-state index in [4.69, 9.17) is 10.2 Å². The first kappa shape index (κ1) is 9.01. The van der Waals surface area contributed by atoms with Crippen molar-refractivity contribution in [3.8, 4) is 0 Å². The fraction of sp³-hybridized carbons (Fsp3) is 0.125. The number of aromatic nitrogens is 3. The number of rotatable bonds is 2. The normalized spacial score (nSPS) is 10.4. The average molecular weight is 208 g/mol. The van der Waals surface area contributed by atoms with Crippen molar-refractivity contribution in [2.75, 3.05) is 5.73 Å². The summed E-state index contributed by atoms with van der Waals surface area (Å²) in [6.07, 6.45) is 3.10. The summed E-state index contributed by atoms with van der Waals surface area (Å²) in [4.78, 5) is 12.1. The third-order valence-corrected chi connectivity index (χ3v) is 2.23. The van der Waals surface area contributed by atoms with Crippen LogP contribution in [0.2, 0.25) is 0 Å². The zero-order chi connectivity index (χ0) is 9.97. The van der Waals surface area contributed by atoms with Gasteiger partial charge in [0.25, 0.3) is 5.22 Å². The van der Waals surface area contributed by atoms with Crippen LogP contribution in [0.15, 0.2) is 33.2 Å². The standard InChI is InChI=1S/C8H8N4OS/c1-5-11-6(9)4-7(12-5)14-8-10-2-3-13-8/h2-4H,1H3,(H2,9,11,12). The van der Waals surface area contributed by atoms with E-state index in [1.54, 1.807) is 19.2 Å². The molecule has 6 heteroatoms. The lowest BCUT2D eigenvalue weighted by Crippen LogP contribution is -1.96. The van der Waals surface area contributed by atoms with Crippen molar-refractivity contribution in [3.05, 3.63) is 24.4 Å². The van der Waals surface area contributed by atoms with Gasteiger partial charge in [-0.15, -0.1) is 0 Å². The summed E-state index contributed by atoms with van der Waals surface area (Å²) in [5.41, 5.74) is 5.57. The third kappa shape index (κ3) is 2.02. The highest BCUT2D eigenvalue weighted by molar-refractivity contribution is 7.99. The van der Waals surface area contributed by atoms with Gasteiger partial charge < -0.3 is 10.2 Å². The van der Waals surface area contributed by atoms with E-state index in [0.717, 1.165) is 5.03 Å². The number of aryl methyl sites for hydroxylation is 1. The Morgan fingerprint density at radius 3 is 2.93 bits per heavy atom. The van der Waals surface area contributed by atoms with Crippen LogP contribution in [0.3, 0.4) is 0 Å². The third-order valence-electron chi connectivity index (χ3n) is 1.44. The second-order valence-electron chi connectivity index (χ2n) is 2.58. The van der Waals surface area contributed by atoms with E-state index in [9.17, 15) is 0 Å². The number of hydrogen-bond donors (Lipinski definition) is 1. The average Bonchev–Trinajstić information content (AvgIpc) is 2.54. The minimum atomic E-state index is 0.451. The molecule has 5 nitrogen and oxygen atoms in total. The van der Waals surface area contributed by atoms with Gasteiger partial charge in [0.2, 0.25) is 0 Å². The Morgan fingerprint density at radius 2 is 2.29 bits per heavy atom. The number of hydrogen-bond acceptors (Lipinski definition) is 6. The molecule has 0 atom stereocenters. The molecule has 0 radical (unpaired) electrons. The van der Waals surface area contributed by atoms with Gasteiger partial charge in [-0.25, -0.2) is 15.0 Å². The SMILES string of the molecule is Cc1nc(N)cc(Sc2ncco2)n1. The summed E-state index contributed by atoms with van der Waals surface area (Å²) in [7, 11) is 0. The van der Waals surface area contributed by atoms with Crippen molar-refractivity contribution < 1.29 is 4.42 Å². The fourth-order valence-electron chi connectivity index (χ4n) is 0.965. The van der Waals surface area contributed by atoms with Crippen LogP contribution in [-0.2, 0) is 0 Å². The van der Waals surface area contributed by atoms with Gasteiger partial charge in [0.1, 0.15) is 22.9 Å². The largest absolute Gasteiger partial charge is 0.440 e. The molecule has 0 amide bonds. The fourth-order valence-corrected chi connectivity index (χ4v) is 1.72. The van der Waals surface area contributed by atoms with Crippen LogP contribution >= 0.6 is 11.8 Å². The summed E-state index contributed by atoms with van der Waals surface area (Å²) in [6.45, 7) is 1.79. The molecule has 0 saturated heterocycles. The molecule has 14 heavy (non-hydrogen) atoms. The molecule has 0 aliphatic carbocycles. The van der Waals surface area contributed by atoms with E-state index in [2.05, 4.69) is 15.0 Å². The molecule has 0 aromatic carbocycles. The number of oxazole rings is 1. The van der Waals surface area contributed by atoms with Gasteiger partial charge in [-0.3, -0.25) is 0 Å². The Labute approximate surface area is 84.8 Å². The molecule has 0 saturated carbocycles. The van der Waals surface area contributed by atoms with Crippen LogP contribution < -0.4 is 5.73 Å². The first-order valence-corrected chi connectivity index (χ1v) is 4.74. The van der Waals surface area contributed by atoms with Crippen LogP contribution in [0.1, 0.15) is 5.82 Å². The molecule has 2 aromatic heterocycles. The van der Waals surface area contributed by atoms with Gasteiger partial charge in [-0.05, 0) is 18.7 Å². The summed E-state index contributed by atoms with van der Waals surface area (Å²) < 4.78 is 5.07. The zero-order valence-corrected chi connectivity index (χ0v) is 8.28. The highest BCUT2D eigenvalue weighted by atomic mass is 32.2. The summed E-state index contributed by atoms with van der Waals surface area (Å²) in [6, 6.07) is 1.68. The second-order valence-corrected chi connectivity index (χ2v) is 3.55. The first-order valence-electron chi connectivity index (χ1n) is 3.92. The Kier molecular flexibility index (Phi) is 2.36. The molecule has 0 aliphatic heterocycles. The Balaban J connectivity index is 2.25. The van der Waals surface area contributed by atoms with E-state index >= 15 is 0 Å². The lowest BCUT2D eigenvalue weighted by molar-refractivity contribution is 0.454. The van der Waals surface area contributed by atoms with Crippen molar-refractivity contribution >= 4 is 17.6 Å². The molecular formula is C8H8N4OS. The molecule has 0 fully saturated rings. The minimum absolute atomic E-state index is 0.451. The maximum absolute atomic E-state index is 5.57. The number of anilines is 1. The summed E-state index contributed by atoms with van der Waals surface area (Å²) in [5, 5.41) is 1.28. The molecule has 2 N–H and O–H groups in total. The predicted octanol–water partition coefficient (Wildman–Crippen LogP) is 1.51. The number of nitrogen functional groups attached to an aromatic ring is 1. The number of nitrogens with zero attached hydrogens (tertiary/aromatic N) is 3. The van der Waals surface area contributed by atoms with E-state index in [-0.39, 0.29) is 0 Å². The lowest BCUT2D eigenvalue weighted by Gasteiger charge is -1.99. The van der Waals surface area contributed by atoms with Gasteiger partial charge in [0.05, 0.1) is 6.20 Å². The smallest absolute Gasteiger partial charge is 0.261 e. The summed E-state index contributed by atoms with van der Waals surface area (Å²) in [5.74, 6) is 1.09. The molecule has 0 aliphatic rings. The van der Waals surface area contributed by atoms with Crippen molar-refractivity contribution in [1.82, 2.24) is 15.0 Å². The molecule has 2 heterocycles. The molecular weight excluding hydrogens is 200 g/mol. The maximum Gasteiger partial charge on any atom is 0.261 e. The monoisotopic (exact) mass is 208 g/mol. The van der Waals surface area contributed by atoms with Gasteiger partial charge in [-0.2, -0.15) is 0 Å². The molecule has 2 rings (SSSR count). The Hall–Kier alpha value is -1.56. The van der Waals surface area contributed by atoms with Crippen molar-refractivity contribution in [2.24, 2.45) is 0 Å². The Bertz CT molecular complexity index is 409. The maximum atomic E-state index is 5.57. The second kappa shape index (κ2) is 3.67. The Morgan fingerprint density at radius 1 is 1.43 bits per heavy atom. The van der Waals surface area contributed by atoms with E-state index in [1.165, 1.54) is 18.0 Å². The van der Waals surface area contributed by atoms with Crippen LogP contribution in [0.4, 0.5) is 5.82 Å².